The fraction of sp³-hybridized carbons (Fsp3) is 0.300. The summed E-state index contributed by atoms with van der Waals surface area (Å²) < 4.78 is 14.3. The molecule has 1 aromatic heterocycles. The van der Waals surface area contributed by atoms with Gasteiger partial charge in [-0.05, 0) is 42.3 Å². The van der Waals surface area contributed by atoms with Crippen molar-refractivity contribution >= 4 is 34.4 Å². The fourth-order valence-electron chi connectivity index (χ4n) is 3.54. The number of thiophene rings is 1. The Kier molecular flexibility index (Phi) is 4.36. The largest absolute Gasteiger partial charge is 0.366 e. The standard InChI is InChI=1S/C20H19FN2O2S/c1-13-8-10-22(11-9-13)18-17(16-7-4-12-26-16)19(24)23(20(18)25)15-6-3-2-5-14(15)21/h2-7,12-13H,8-11H2,1H3. The molecule has 2 aliphatic rings. The van der Waals surface area contributed by atoms with Gasteiger partial charge < -0.3 is 4.90 Å². The lowest BCUT2D eigenvalue weighted by Crippen LogP contribution is -2.38. The molecule has 0 radical (unpaired) electrons. The van der Waals surface area contributed by atoms with Crippen LogP contribution in [-0.2, 0) is 9.59 Å². The number of rotatable bonds is 3. The summed E-state index contributed by atoms with van der Waals surface area (Å²) in [5.41, 5.74) is 0.812. The number of piperidine rings is 1. The third-order valence-electron chi connectivity index (χ3n) is 5.02. The van der Waals surface area contributed by atoms with E-state index in [0.29, 0.717) is 17.2 Å². The SMILES string of the molecule is CC1CCN(C2=C(c3cccs3)C(=O)N(c3ccccc3F)C2=O)CC1. The zero-order valence-corrected chi connectivity index (χ0v) is 15.3. The Hall–Kier alpha value is -2.47. The second-order valence-electron chi connectivity index (χ2n) is 6.77. The fourth-order valence-corrected chi connectivity index (χ4v) is 4.30. The second kappa shape index (κ2) is 6.68. The molecule has 0 saturated carbocycles. The lowest BCUT2D eigenvalue weighted by Gasteiger charge is -2.32. The third-order valence-corrected chi connectivity index (χ3v) is 5.91. The maximum atomic E-state index is 14.3. The molecule has 0 N–H and O–H groups in total. The number of hydrogen-bond acceptors (Lipinski definition) is 4. The molecule has 134 valence electrons. The summed E-state index contributed by atoms with van der Waals surface area (Å²) in [5.74, 6) is -0.852. The van der Waals surface area contributed by atoms with Gasteiger partial charge in [0.2, 0.25) is 0 Å². The Morgan fingerprint density at radius 3 is 2.42 bits per heavy atom. The predicted octanol–water partition coefficient (Wildman–Crippen LogP) is 3.90. The number of anilines is 1. The van der Waals surface area contributed by atoms with Gasteiger partial charge in [0.05, 0.1) is 11.3 Å². The monoisotopic (exact) mass is 370 g/mol. The van der Waals surface area contributed by atoms with Crippen molar-refractivity contribution in [3.8, 4) is 0 Å². The Morgan fingerprint density at radius 1 is 1.04 bits per heavy atom. The van der Waals surface area contributed by atoms with E-state index in [9.17, 15) is 14.0 Å². The first-order valence-electron chi connectivity index (χ1n) is 8.74. The predicted molar refractivity (Wildman–Crippen MR) is 100 cm³/mol. The van der Waals surface area contributed by atoms with Gasteiger partial charge in [-0.3, -0.25) is 9.59 Å². The second-order valence-corrected chi connectivity index (χ2v) is 7.72. The molecule has 0 atom stereocenters. The number of likely N-dealkylation sites (tertiary alicyclic amines) is 1. The summed E-state index contributed by atoms with van der Waals surface area (Å²) in [4.78, 5) is 30.1. The van der Waals surface area contributed by atoms with Crippen molar-refractivity contribution in [3.63, 3.8) is 0 Å². The first-order chi connectivity index (χ1) is 12.6. The molecule has 2 amide bonds. The quantitative estimate of drug-likeness (QED) is 0.770. The van der Waals surface area contributed by atoms with Gasteiger partial charge in [0.25, 0.3) is 11.8 Å². The molecule has 4 rings (SSSR count). The van der Waals surface area contributed by atoms with E-state index in [-0.39, 0.29) is 5.69 Å². The van der Waals surface area contributed by atoms with Gasteiger partial charge in [-0.2, -0.15) is 0 Å². The Bertz CT molecular complexity index is 883. The smallest absolute Gasteiger partial charge is 0.282 e. The van der Waals surface area contributed by atoms with Gasteiger partial charge in [-0.1, -0.05) is 25.1 Å². The number of halogens is 1. The number of imide groups is 1. The number of carbonyl (C=O) groups excluding carboxylic acids is 2. The Labute approximate surface area is 155 Å². The minimum absolute atomic E-state index is 0.0110. The molecule has 0 unspecified atom stereocenters. The van der Waals surface area contributed by atoms with Gasteiger partial charge in [0, 0.05) is 18.0 Å². The summed E-state index contributed by atoms with van der Waals surface area (Å²) in [5, 5.41) is 1.88. The highest BCUT2D eigenvalue weighted by atomic mass is 32.1. The van der Waals surface area contributed by atoms with Crippen molar-refractivity contribution in [2.45, 2.75) is 19.8 Å². The van der Waals surface area contributed by atoms with Crippen LogP contribution in [0.15, 0.2) is 47.5 Å². The molecule has 0 aliphatic carbocycles. The summed E-state index contributed by atoms with van der Waals surface area (Å²) >= 11 is 1.42. The van der Waals surface area contributed by atoms with Crippen LogP contribution in [0.1, 0.15) is 24.6 Å². The van der Waals surface area contributed by atoms with E-state index in [1.807, 2.05) is 22.4 Å². The van der Waals surface area contributed by atoms with Gasteiger partial charge in [-0.15, -0.1) is 11.3 Å². The zero-order valence-electron chi connectivity index (χ0n) is 14.4. The molecule has 3 heterocycles. The zero-order chi connectivity index (χ0) is 18.3. The van der Waals surface area contributed by atoms with Crippen molar-refractivity contribution in [2.24, 2.45) is 5.92 Å². The van der Waals surface area contributed by atoms with Gasteiger partial charge in [0.15, 0.2) is 0 Å². The first kappa shape index (κ1) is 17.0. The number of amides is 2. The summed E-state index contributed by atoms with van der Waals surface area (Å²) in [6.07, 6.45) is 1.95. The highest BCUT2D eigenvalue weighted by Gasteiger charge is 2.44. The van der Waals surface area contributed by atoms with Crippen LogP contribution in [-0.4, -0.2) is 29.8 Å². The highest BCUT2D eigenvalue weighted by Crippen LogP contribution is 2.38. The van der Waals surface area contributed by atoms with Crippen molar-refractivity contribution < 1.29 is 14.0 Å². The molecule has 26 heavy (non-hydrogen) atoms. The molecule has 0 bridgehead atoms. The highest BCUT2D eigenvalue weighted by molar-refractivity contribution is 7.11. The lowest BCUT2D eigenvalue weighted by molar-refractivity contribution is -0.120. The van der Waals surface area contributed by atoms with E-state index in [4.69, 9.17) is 0 Å². The number of benzene rings is 1. The van der Waals surface area contributed by atoms with Crippen LogP contribution >= 0.6 is 11.3 Å². The van der Waals surface area contributed by atoms with Gasteiger partial charge in [-0.25, -0.2) is 9.29 Å². The number of nitrogens with zero attached hydrogens (tertiary/aromatic N) is 2. The van der Waals surface area contributed by atoms with Crippen LogP contribution in [0.5, 0.6) is 0 Å². The molecule has 2 aliphatic heterocycles. The first-order valence-corrected chi connectivity index (χ1v) is 9.62. The Morgan fingerprint density at radius 2 is 1.77 bits per heavy atom. The molecule has 0 spiro atoms. The molecule has 1 fully saturated rings. The third kappa shape index (κ3) is 2.74. The summed E-state index contributed by atoms with van der Waals surface area (Å²) in [7, 11) is 0. The van der Waals surface area contributed by atoms with Gasteiger partial charge >= 0.3 is 0 Å². The van der Waals surface area contributed by atoms with Crippen LogP contribution < -0.4 is 4.90 Å². The maximum Gasteiger partial charge on any atom is 0.282 e. The van der Waals surface area contributed by atoms with Crippen LogP contribution in [0.25, 0.3) is 5.57 Å². The average Bonchev–Trinajstić information content (AvgIpc) is 3.23. The van der Waals surface area contributed by atoms with Crippen LogP contribution in [0.2, 0.25) is 0 Å². The normalized spacial score (nSPS) is 19.0. The number of carbonyl (C=O) groups is 2. The number of para-hydroxylation sites is 1. The molecular formula is C20H19FN2O2S. The van der Waals surface area contributed by atoms with Crippen LogP contribution in [0.4, 0.5) is 10.1 Å². The van der Waals surface area contributed by atoms with E-state index in [2.05, 4.69) is 6.92 Å². The number of hydrogen-bond donors (Lipinski definition) is 0. The van der Waals surface area contributed by atoms with E-state index in [1.165, 1.54) is 23.5 Å². The van der Waals surface area contributed by atoms with Crippen LogP contribution in [0, 0.1) is 11.7 Å². The van der Waals surface area contributed by atoms with Gasteiger partial charge in [0.1, 0.15) is 11.5 Å². The summed E-state index contributed by atoms with van der Waals surface area (Å²) in [6.45, 7) is 3.66. The maximum absolute atomic E-state index is 14.3. The van der Waals surface area contributed by atoms with Crippen LogP contribution in [0.3, 0.4) is 0 Å². The van der Waals surface area contributed by atoms with Crippen molar-refractivity contribution in [1.29, 1.82) is 0 Å². The average molecular weight is 370 g/mol. The van der Waals surface area contributed by atoms with E-state index >= 15 is 0 Å². The minimum Gasteiger partial charge on any atom is -0.366 e. The van der Waals surface area contributed by atoms with E-state index in [0.717, 1.165) is 35.7 Å². The van der Waals surface area contributed by atoms with E-state index in [1.54, 1.807) is 12.1 Å². The Balaban J connectivity index is 1.80. The van der Waals surface area contributed by atoms with Crippen molar-refractivity contribution in [1.82, 2.24) is 4.90 Å². The van der Waals surface area contributed by atoms with Crippen molar-refractivity contribution in [3.05, 3.63) is 58.2 Å². The molecule has 1 aromatic carbocycles. The molecule has 2 aromatic rings. The minimum atomic E-state index is -0.576. The van der Waals surface area contributed by atoms with E-state index < -0.39 is 17.6 Å². The molecular weight excluding hydrogens is 351 g/mol. The van der Waals surface area contributed by atoms with Crippen molar-refractivity contribution in [2.75, 3.05) is 18.0 Å². The summed E-state index contributed by atoms with van der Waals surface area (Å²) in [6, 6.07) is 9.60. The molecule has 4 nitrogen and oxygen atoms in total. The molecule has 6 heteroatoms. The molecule has 1 saturated heterocycles. The lowest BCUT2D eigenvalue weighted by atomic mass is 9.98. The topological polar surface area (TPSA) is 40.6 Å².